The second-order valence-electron chi connectivity index (χ2n) is 4.33. The molecule has 0 amide bonds. The molecule has 0 saturated carbocycles. The minimum absolute atomic E-state index is 0.817. The van der Waals surface area contributed by atoms with Gasteiger partial charge in [-0.3, -0.25) is 0 Å². The topological polar surface area (TPSA) is 50.7 Å². The Hall–Kier alpha value is -1.79. The minimum Gasteiger partial charge on any atom is -0.360 e. The van der Waals surface area contributed by atoms with Gasteiger partial charge >= 0.3 is 0 Å². The van der Waals surface area contributed by atoms with Crippen molar-refractivity contribution >= 4 is 28.0 Å². The van der Waals surface area contributed by atoms with Crippen molar-refractivity contribution < 1.29 is 0 Å². The third-order valence-corrected chi connectivity index (χ3v) is 4.46. The highest BCUT2D eigenvalue weighted by Crippen LogP contribution is 2.23. The first-order valence-electron chi connectivity index (χ1n) is 6.35. The van der Waals surface area contributed by atoms with Crippen LogP contribution in [-0.4, -0.2) is 20.9 Å². The summed E-state index contributed by atoms with van der Waals surface area (Å²) >= 11 is 3.09. The summed E-state index contributed by atoms with van der Waals surface area (Å²) in [6.07, 6.45) is 0.891. The van der Waals surface area contributed by atoms with E-state index >= 15 is 0 Å². The Labute approximate surface area is 125 Å². The van der Waals surface area contributed by atoms with Crippen molar-refractivity contribution in [1.82, 2.24) is 14.3 Å². The largest absolute Gasteiger partial charge is 0.360 e. The van der Waals surface area contributed by atoms with Crippen molar-refractivity contribution in [2.75, 3.05) is 11.9 Å². The number of nitrogens with one attached hydrogen (secondary N) is 1. The first kappa shape index (κ1) is 13.2. The van der Waals surface area contributed by atoms with Crippen LogP contribution in [0.3, 0.4) is 0 Å². The van der Waals surface area contributed by atoms with E-state index in [0.717, 1.165) is 34.6 Å². The van der Waals surface area contributed by atoms with Gasteiger partial charge in [-0.25, -0.2) is 9.97 Å². The average molecular weight is 302 g/mol. The molecule has 0 fully saturated rings. The lowest BCUT2D eigenvalue weighted by Gasteiger charge is -1.99. The molecule has 2 aromatic heterocycles. The van der Waals surface area contributed by atoms with E-state index in [1.54, 1.807) is 11.3 Å². The average Bonchev–Trinajstić information content (AvgIpc) is 3.09. The second-order valence-corrected chi connectivity index (χ2v) is 5.94. The minimum atomic E-state index is 0.817. The van der Waals surface area contributed by atoms with Gasteiger partial charge in [-0.05, 0) is 6.92 Å². The van der Waals surface area contributed by atoms with Crippen LogP contribution in [0.4, 0.5) is 5.13 Å². The Bertz CT molecular complexity index is 675. The zero-order valence-corrected chi connectivity index (χ0v) is 12.7. The van der Waals surface area contributed by atoms with E-state index in [9.17, 15) is 0 Å². The van der Waals surface area contributed by atoms with Crippen LogP contribution >= 0.6 is 22.9 Å². The van der Waals surface area contributed by atoms with Gasteiger partial charge in [-0.15, -0.1) is 11.3 Å². The predicted molar refractivity (Wildman–Crippen MR) is 84.4 cm³/mol. The van der Waals surface area contributed by atoms with Crippen LogP contribution in [0.15, 0.2) is 35.7 Å². The fraction of sp³-hybridized carbons (Fsp3) is 0.214. The van der Waals surface area contributed by atoms with Crippen LogP contribution in [0.5, 0.6) is 0 Å². The lowest BCUT2D eigenvalue weighted by atomic mass is 10.2. The molecule has 6 heteroatoms. The molecule has 0 aliphatic rings. The fourth-order valence-corrected chi connectivity index (χ4v) is 3.26. The summed E-state index contributed by atoms with van der Waals surface area (Å²) in [6, 6.07) is 10.3. The lowest BCUT2D eigenvalue weighted by molar-refractivity contribution is 0.973. The van der Waals surface area contributed by atoms with Gasteiger partial charge in [-0.2, -0.15) is 4.37 Å². The fourth-order valence-electron chi connectivity index (χ4n) is 1.80. The van der Waals surface area contributed by atoms with Crippen molar-refractivity contribution in [2.45, 2.75) is 13.3 Å². The third kappa shape index (κ3) is 3.20. The summed E-state index contributed by atoms with van der Waals surface area (Å²) in [4.78, 5) is 8.94. The molecule has 0 aliphatic heterocycles. The summed E-state index contributed by atoms with van der Waals surface area (Å²) in [7, 11) is 0. The molecule has 0 aliphatic carbocycles. The molecule has 4 nitrogen and oxygen atoms in total. The molecule has 3 rings (SSSR count). The van der Waals surface area contributed by atoms with E-state index in [2.05, 4.69) is 37.2 Å². The van der Waals surface area contributed by atoms with Crippen molar-refractivity contribution in [3.05, 3.63) is 47.2 Å². The molecule has 102 valence electrons. The van der Waals surface area contributed by atoms with E-state index in [4.69, 9.17) is 0 Å². The van der Waals surface area contributed by atoms with Crippen molar-refractivity contribution in [2.24, 2.45) is 0 Å². The van der Waals surface area contributed by atoms with Crippen LogP contribution in [0.2, 0.25) is 0 Å². The quantitative estimate of drug-likeness (QED) is 0.782. The Morgan fingerprint density at radius 1 is 1.15 bits per heavy atom. The molecule has 20 heavy (non-hydrogen) atoms. The van der Waals surface area contributed by atoms with Gasteiger partial charge < -0.3 is 5.32 Å². The monoisotopic (exact) mass is 302 g/mol. The molecule has 0 radical (unpaired) electrons. The predicted octanol–water partition coefficient (Wildman–Crippen LogP) is 3.62. The van der Waals surface area contributed by atoms with Crippen LogP contribution in [0, 0.1) is 6.92 Å². The van der Waals surface area contributed by atoms with Gasteiger partial charge in [0.2, 0.25) is 5.13 Å². The van der Waals surface area contributed by atoms with Gasteiger partial charge in [0.15, 0.2) is 0 Å². The van der Waals surface area contributed by atoms with E-state index in [1.165, 1.54) is 17.1 Å². The van der Waals surface area contributed by atoms with Crippen LogP contribution in [0.1, 0.15) is 11.5 Å². The number of nitrogens with zero attached hydrogens (tertiary/aromatic N) is 3. The maximum Gasteiger partial charge on any atom is 0.202 e. The summed E-state index contributed by atoms with van der Waals surface area (Å²) in [6.45, 7) is 2.72. The van der Waals surface area contributed by atoms with Crippen LogP contribution in [-0.2, 0) is 6.42 Å². The zero-order chi connectivity index (χ0) is 13.8. The molecule has 0 unspecified atom stereocenters. The molecule has 0 bridgehead atoms. The summed E-state index contributed by atoms with van der Waals surface area (Å²) in [5, 5.41) is 7.35. The summed E-state index contributed by atoms with van der Waals surface area (Å²) in [5.41, 5.74) is 2.29. The highest BCUT2D eigenvalue weighted by atomic mass is 32.1. The highest BCUT2D eigenvalue weighted by molar-refractivity contribution is 7.13. The van der Waals surface area contributed by atoms with E-state index in [0.29, 0.717) is 0 Å². The van der Waals surface area contributed by atoms with E-state index < -0.39 is 0 Å². The van der Waals surface area contributed by atoms with E-state index in [1.807, 2.05) is 25.1 Å². The summed E-state index contributed by atoms with van der Waals surface area (Å²) in [5.74, 6) is 0.817. The number of rotatable bonds is 5. The van der Waals surface area contributed by atoms with Crippen LogP contribution < -0.4 is 5.32 Å². The third-order valence-electron chi connectivity index (χ3n) is 2.76. The Balaban J connectivity index is 1.58. The number of anilines is 1. The van der Waals surface area contributed by atoms with Crippen molar-refractivity contribution in [3.8, 4) is 10.6 Å². The molecule has 0 atom stereocenters. The van der Waals surface area contributed by atoms with Gasteiger partial charge in [0.1, 0.15) is 10.8 Å². The van der Waals surface area contributed by atoms with Crippen LogP contribution in [0.25, 0.3) is 10.6 Å². The first-order chi connectivity index (χ1) is 9.81. The highest BCUT2D eigenvalue weighted by Gasteiger charge is 2.05. The smallest absolute Gasteiger partial charge is 0.202 e. The van der Waals surface area contributed by atoms with Gasteiger partial charge in [-0.1, -0.05) is 30.3 Å². The normalized spacial score (nSPS) is 10.7. The molecule has 3 aromatic rings. The van der Waals surface area contributed by atoms with Crippen molar-refractivity contribution in [1.29, 1.82) is 0 Å². The standard InChI is InChI=1S/C14H14N4S2/c1-10-16-14(20-18-10)15-8-7-12-9-19-13(17-12)11-5-3-2-4-6-11/h2-6,9H,7-8H2,1H3,(H,15,16,18). The second kappa shape index (κ2) is 6.11. The Morgan fingerprint density at radius 3 is 2.75 bits per heavy atom. The molecule has 2 heterocycles. The van der Waals surface area contributed by atoms with Gasteiger partial charge in [0, 0.05) is 35.4 Å². The van der Waals surface area contributed by atoms with Crippen molar-refractivity contribution in [3.63, 3.8) is 0 Å². The van der Waals surface area contributed by atoms with E-state index in [-0.39, 0.29) is 0 Å². The molecule has 1 aromatic carbocycles. The number of aromatic nitrogens is 3. The maximum atomic E-state index is 4.66. The summed E-state index contributed by atoms with van der Waals surface area (Å²) < 4.78 is 4.14. The number of benzene rings is 1. The molecular weight excluding hydrogens is 288 g/mol. The zero-order valence-electron chi connectivity index (χ0n) is 11.0. The molecule has 0 saturated heterocycles. The van der Waals surface area contributed by atoms with Gasteiger partial charge in [0.05, 0.1) is 5.69 Å². The SMILES string of the molecule is Cc1nsc(NCCc2csc(-c3ccccc3)n2)n1. The molecule has 1 N–H and O–H groups in total. The molecular formula is C14H14N4S2. The Kier molecular flexibility index (Phi) is 4.03. The number of hydrogen-bond donors (Lipinski definition) is 1. The molecule has 0 spiro atoms. The maximum absolute atomic E-state index is 4.66. The first-order valence-corrected chi connectivity index (χ1v) is 8.00. The Morgan fingerprint density at radius 2 is 2.00 bits per heavy atom. The van der Waals surface area contributed by atoms with Gasteiger partial charge in [0.25, 0.3) is 0 Å². The number of aryl methyl sites for hydroxylation is 1. The lowest BCUT2D eigenvalue weighted by Crippen LogP contribution is -2.04. The number of hydrogen-bond acceptors (Lipinski definition) is 6. The number of thiazole rings is 1.